The molecule has 33 heavy (non-hydrogen) atoms. The van der Waals surface area contributed by atoms with E-state index in [0.29, 0.717) is 22.0 Å². The molecular formula is C23H23ClN2O6S. The highest BCUT2D eigenvalue weighted by Crippen LogP contribution is 2.28. The van der Waals surface area contributed by atoms with Crippen LogP contribution in [0.2, 0.25) is 5.02 Å². The van der Waals surface area contributed by atoms with Gasteiger partial charge in [0.25, 0.3) is 10.0 Å². The van der Waals surface area contributed by atoms with Crippen LogP contribution in [0.25, 0.3) is 0 Å². The second kappa shape index (κ2) is 9.68. The van der Waals surface area contributed by atoms with Gasteiger partial charge in [0.05, 0.1) is 42.6 Å². The highest BCUT2D eigenvalue weighted by Gasteiger charge is 2.30. The second-order valence-electron chi connectivity index (χ2n) is 7.20. The number of aryl methyl sites for hydroxylation is 1. The number of ether oxygens (including phenoxy) is 2. The zero-order chi connectivity index (χ0) is 24.3. The van der Waals surface area contributed by atoms with Crippen molar-refractivity contribution in [3.63, 3.8) is 0 Å². The number of esters is 1. The molecule has 2 aromatic carbocycles. The van der Waals surface area contributed by atoms with Gasteiger partial charge in [-0.25, -0.2) is 13.2 Å². The Morgan fingerprint density at radius 2 is 1.61 bits per heavy atom. The van der Waals surface area contributed by atoms with Gasteiger partial charge < -0.3 is 14.5 Å². The molecule has 8 nitrogen and oxygen atoms in total. The van der Waals surface area contributed by atoms with Gasteiger partial charge in [0.15, 0.2) is 5.78 Å². The van der Waals surface area contributed by atoms with Crippen molar-refractivity contribution in [1.29, 1.82) is 0 Å². The largest absolute Gasteiger partial charge is 0.497 e. The molecule has 3 aromatic rings. The van der Waals surface area contributed by atoms with Gasteiger partial charge in [0, 0.05) is 10.7 Å². The molecule has 0 unspecified atom stereocenters. The van der Waals surface area contributed by atoms with Crippen LogP contribution in [0.1, 0.15) is 32.1 Å². The van der Waals surface area contributed by atoms with Crippen LogP contribution in [-0.2, 0) is 14.8 Å². The number of hydrogen-bond donors (Lipinski definition) is 1. The number of carbonyl (C=O) groups is 2. The van der Waals surface area contributed by atoms with Crippen LogP contribution in [0.4, 0.5) is 5.69 Å². The number of aromatic amines is 1. The van der Waals surface area contributed by atoms with Gasteiger partial charge >= 0.3 is 5.97 Å². The van der Waals surface area contributed by atoms with E-state index in [0.717, 1.165) is 4.31 Å². The number of methoxy groups -OCH3 is 2. The summed E-state index contributed by atoms with van der Waals surface area (Å²) in [6, 6.07) is 12.0. The van der Waals surface area contributed by atoms with Crippen LogP contribution >= 0.6 is 11.6 Å². The maximum absolute atomic E-state index is 13.5. The number of nitrogens with zero attached hydrogens (tertiary/aromatic N) is 1. The summed E-state index contributed by atoms with van der Waals surface area (Å²) in [4.78, 5) is 28.2. The molecule has 0 spiro atoms. The average Bonchev–Trinajstić information content (AvgIpc) is 3.11. The lowest BCUT2D eigenvalue weighted by Crippen LogP contribution is -2.36. The van der Waals surface area contributed by atoms with E-state index in [1.54, 1.807) is 38.1 Å². The molecule has 0 bridgehead atoms. The molecule has 10 heteroatoms. The molecule has 174 valence electrons. The van der Waals surface area contributed by atoms with Gasteiger partial charge in [-0.3, -0.25) is 9.10 Å². The molecular weight excluding hydrogens is 468 g/mol. The molecule has 0 aliphatic rings. The van der Waals surface area contributed by atoms with E-state index < -0.39 is 28.3 Å². The fourth-order valence-corrected chi connectivity index (χ4v) is 4.99. The van der Waals surface area contributed by atoms with Gasteiger partial charge in [-0.1, -0.05) is 11.6 Å². The number of H-pyrrole nitrogens is 1. The number of sulfonamides is 1. The Kier molecular flexibility index (Phi) is 7.14. The van der Waals surface area contributed by atoms with E-state index in [2.05, 4.69) is 4.98 Å². The van der Waals surface area contributed by atoms with Crippen molar-refractivity contribution in [2.24, 2.45) is 0 Å². The number of rotatable bonds is 8. The van der Waals surface area contributed by atoms with E-state index in [4.69, 9.17) is 21.1 Å². The average molecular weight is 491 g/mol. The Bertz CT molecular complexity index is 1280. The molecule has 0 saturated heterocycles. The summed E-state index contributed by atoms with van der Waals surface area (Å²) in [5, 5.41) is 0.383. The third-order valence-electron chi connectivity index (χ3n) is 5.16. The van der Waals surface area contributed by atoms with Crippen LogP contribution < -0.4 is 9.04 Å². The maximum Gasteiger partial charge on any atom is 0.339 e. The van der Waals surface area contributed by atoms with Crippen LogP contribution in [0.5, 0.6) is 5.75 Å². The lowest BCUT2D eigenvalue weighted by atomic mass is 10.1. The minimum Gasteiger partial charge on any atom is -0.497 e. The minimum absolute atomic E-state index is 0.0230. The van der Waals surface area contributed by atoms with Crippen molar-refractivity contribution in [2.45, 2.75) is 18.7 Å². The Labute approximate surface area is 197 Å². The number of halogens is 1. The first kappa shape index (κ1) is 24.3. The summed E-state index contributed by atoms with van der Waals surface area (Å²) in [5.41, 5.74) is 1.51. The normalized spacial score (nSPS) is 11.2. The monoisotopic (exact) mass is 490 g/mol. The number of ketones is 1. The number of nitrogens with one attached hydrogen (secondary N) is 1. The standard InChI is InChI=1S/C23H23ClN2O6S/c1-14-21(23(28)32-4)15(2)25-22(14)20(27)13-26(17-7-9-18(31-3)10-8-17)33(29,30)19-11-5-16(24)6-12-19/h5-12,25H,13H2,1-4H3. The predicted octanol–water partition coefficient (Wildman–Crippen LogP) is 4.16. The van der Waals surface area contributed by atoms with Gasteiger partial charge in [0.2, 0.25) is 0 Å². The van der Waals surface area contributed by atoms with E-state index >= 15 is 0 Å². The van der Waals surface area contributed by atoms with E-state index in [9.17, 15) is 18.0 Å². The number of benzene rings is 2. The summed E-state index contributed by atoms with van der Waals surface area (Å²) >= 11 is 5.91. The number of anilines is 1. The van der Waals surface area contributed by atoms with E-state index in [-0.39, 0.29) is 21.8 Å². The molecule has 0 radical (unpaired) electrons. The number of hydrogen-bond acceptors (Lipinski definition) is 6. The lowest BCUT2D eigenvalue weighted by Gasteiger charge is -2.24. The van der Waals surface area contributed by atoms with Gasteiger partial charge in [-0.05, 0) is 67.9 Å². The van der Waals surface area contributed by atoms with Crippen molar-refractivity contribution in [3.8, 4) is 5.75 Å². The zero-order valence-electron chi connectivity index (χ0n) is 18.5. The van der Waals surface area contributed by atoms with Crippen LogP contribution in [-0.4, -0.2) is 45.9 Å². The van der Waals surface area contributed by atoms with Crippen molar-refractivity contribution >= 4 is 39.1 Å². The molecule has 0 amide bonds. The molecule has 0 saturated carbocycles. The summed E-state index contributed by atoms with van der Waals surface area (Å²) < 4.78 is 37.9. The first-order valence-corrected chi connectivity index (χ1v) is 11.6. The predicted molar refractivity (Wildman–Crippen MR) is 125 cm³/mol. The third kappa shape index (κ3) is 4.89. The number of aromatic nitrogens is 1. The molecule has 1 aromatic heterocycles. The van der Waals surface area contributed by atoms with Gasteiger partial charge in [-0.15, -0.1) is 0 Å². The van der Waals surface area contributed by atoms with Gasteiger partial charge in [-0.2, -0.15) is 0 Å². The molecule has 0 atom stereocenters. The van der Waals surface area contributed by atoms with Gasteiger partial charge in [0.1, 0.15) is 5.75 Å². The molecule has 3 rings (SSSR count). The minimum atomic E-state index is -4.12. The quantitative estimate of drug-likeness (QED) is 0.375. The fraction of sp³-hybridized carbons (Fsp3) is 0.217. The number of Topliss-reactive ketones (excluding diaryl/α,β-unsaturated/α-hetero) is 1. The Hall–Kier alpha value is -3.30. The first-order valence-electron chi connectivity index (χ1n) is 9.83. The smallest absolute Gasteiger partial charge is 0.339 e. The second-order valence-corrected chi connectivity index (χ2v) is 9.50. The SMILES string of the molecule is COC(=O)c1c(C)[nH]c(C(=O)CN(c2ccc(OC)cc2)S(=O)(=O)c2ccc(Cl)cc2)c1C. The first-order chi connectivity index (χ1) is 15.6. The maximum atomic E-state index is 13.5. The number of carbonyl (C=O) groups excluding carboxylic acids is 2. The summed E-state index contributed by atoms with van der Waals surface area (Å²) in [6.07, 6.45) is 0. The van der Waals surface area contributed by atoms with Crippen molar-refractivity contribution in [1.82, 2.24) is 4.98 Å². The van der Waals surface area contributed by atoms with Crippen LogP contribution in [0.3, 0.4) is 0 Å². The lowest BCUT2D eigenvalue weighted by molar-refractivity contribution is 0.0599. The Morgan fingerprint density at radius 3 is 2.15 bits per heavy atom. The molecule has 0 aliphatic carbocycles. The highest BCUT2D eigenvalue weighted by molar-refractivity contribution is 7.92. The van der Waals surface area contributed by atoms with Crippen LogP contribution in [0.15, 0.2) is 53.4 Å². The third-order valence-corrected chi connectivity index (χ3v) is 7.20. The topological polar surface area (TPSA) is 106 Å². The fourth-order valence-electron chi connectivity index (χ4n) is 3.44. The Balaban J connectivity index is 2.06. The van der Waals surface area contributed by atoms with E-state index in [1.807, 2.05) is 0 Å². The molecule has 1 heterocycles. The molecule has 1 N–H and O–H groups in total. The summed E-state index contributed by atoms with van der Waals surface area (Å²) in [5.74, 6) is -0.562. The van der Waals surface area contributed by atoms with Crippen molar-refractivity contribution < 1.29 is 27.5 Å². The Morgan fingerprint density at radius 1 is 1.00 bits per heavy atom. The molecule has 0 fully saturated rings. The van der Waals surface area contributed by atoms with E-state index in [1.165, 1.54) is 38.5 Å². The highest BCUT2D eigenvalue weighted by atomic mass is 35.5. The summed E-state index contributed by atoms with van der Waals surface area (Å²) in [7, 11) is -1.38. The summed E-state index contributed by atoms with van der Waals surface area (Å²) in [6.45, 7) is 2.74. The zero-order valence-corrected chi connectivity index (χ0v) is 20.1. The molecule has 0 aliphatic heterocycles. The van der Waals surface area contributed by atoms with Crippen LogP contribution in [0, 0.1) is 13.8 Å². The van der Waals surface area contributed by atoms with Crippen molar-refractivity contribution in [3.05, 3.63) is 76.1 Å². The van der Waals surface area contributed by atoms with Crippen molar-refractivity contribution in [2.75, 3.05) is 25.1 Å².